The molecule has 2 rings (SSSR count). The molecule has 1 atom stereocenters. The molecule has 0 spiro atoms. The van der Waals surface area contributed by atoms with Crippen LogP contribution in [0.5, 0.6) is 0 Å². The first-order valence-electron chi connectivity index (χ1n) is 5.55. The van der Waals surface area contributed by atoms with Gasteiger partial charge in [-0.1, -0.05) is 19.3 Å². The van der Waals surface area contributed by atoms with E-state index in [1.807, 2.05) is 0 Å². The van der Waals surface area contributed by atoms with Crippen LogP contribution in [-0.2, 0) is 9.84 Å². The minimum Gasteiger partial charge on any atom is -0.324 e. The van der Waals surface area contributed by atoms with E-state index in [1.54, 1.807) is 0 Å². The smallest absolute Gasteiger partial charge is 0.154 e. The van der Waals surface area contributed by atoms with Crippen LogP contribution in [0.25, 0.3) is 0 Å². The second-order valence-corrected chi connectivity index (χ2v) is 7.09. The average Bonchev–Trinajstić information content (AvgIpc) is 2.52. The maximum Gasteiger partial charge on any atom is 0.154 e. The summed E-state index contributed by atoms with van der Waals surface area (Å²) in [5.74, 6) is 0.358. The molecule has 4 heteroatoms. The van der Waals surface area contributed by atoms with Crippen LogP contribution in [0.3, 0.4) is 0 Å². The SMILES string of the molecule is NC1(C2CCCCS2(=O)=O)CCCC1. The number of sulfone groups is 1. The summed E-state index contributed by atoms with van der Waals surface area (Å²) in [4.78, 5) is 0. The Hall–Kier alpha value is -0.0900. The van der Waals surface area contributed by atoms with E-state index in [1.165, 1.54) is 0 Å². The first kappa shape index (κ1) is 10.4. The van der Waals surface area contributed by atoms with Gasteiger partial charge < -0.3 is 5.73 Å². The van der Waals surface area contributed by atoms with Crippen molar-refractivity contribution in [3.8, 4) is 0 Å². The fourth-order valence-electron chi connectivity index (χ4n) is 2.96. The van der Waals surface area contributed by atoms with E-state index in [2.05, 4.69) is 0 Å². The summed E-state index contributed by atoms with van der Waals surface area (Å²) in [7, 11) is -2.89. The first-order valence-corrected chi connectivity index (χ1v) is 7.27. The fraction of sp³-hybridized carbons (Fsp3) is 1.00. The van der Waals surface area contributed by atoms with Crippen molar-refractivity contribution < 1.29 is 8.42 Å². The Morgan fingerprint density at radius 2 is 1.71 bits per heavy atom. The van der Waals surface area contributed by atoms with E-state index in [-0.39, 0.29) is 10.8 Å². The highest BCUT2D eigenvalue weighted by molar-refractivity contribution is 7.92. The maximum atomic E-state index is 11.9. The minimum absolute atomic E-state index is 0.244. The molecule has 1 aliphatic heterocycles. The lowest BCUT2D eigenvalue weighted by atomic mass is 9.91. The molecule has 0 aromatic rings. The van der Waals surface area contributed by atoms with Gasteiger partial charge >= 0.3 is 0 Å². The van der Waals surface area contributed by atoms with Crippen LogP contribution < -0.4 is 5.73 Å². The number of nitrogens with two attached hydrogens (primary N) is 1. The first-order chi connectivity index (χ1) is 6.55. The molecule has 3 nitrogen and oxygen atoms in total. The number of hydrogen-bond donors (Lipinski definition) is 1. The van der Waals surface area contributed by atoms with E-state index >= 15 is 0 Å². The van der Waals surface area contributed by atoms with Crippen molar-refractivity contribution in [1.29, 1.82) is 0 Å². The van der Waals surface area contributed by atoms with E-state index in [9.17, 15) is 8.42 Å². The number of rotatable bonds is 1. The van der Waals surface area contributed by atoms with Crippen LogP contribution in [-0.4, -0.2) is 25.0 Å². The van der Waals surface area contributed by atoms with Gasteiger partial charge in [0.1, 0.15) is 0 Å². The summed E-state index contributed by atoms with van der Waals surface area (Å²) in [5, 5.41) is -0.244. The van der Waals surface area contributed by atoms with Gasteiger partial charge in [-0.3, -0.25) is 0 Å². The van der Waals surface area contributed by atoms with E-state index < -0.39 is 9.84 Å². The molecule has 1 unspecified atom stereocenters. The molecule has 0 amide bonds. The highest BCUT2D eigenvalue weighted by Crippen LogP contribution is 2.37. The topological polar surface area (TPSA) is 60.2 Å². The molecule has 2 aliphatic rings. The summed E-state index contributed by atoms with van der Waals surface area (Å²) in [6.07, 6.45) is 6.65. The third-order valence-corrected chi connectivity index (χ3v) is 6.18. The van der Waals surface area contributed by atoms with Gasteiger partial charge in [0.2, 0.25) is 0 Å². The number of hydrogen-bond acceptors (Lipinski definition) is 3. The maximum absolute atomic E-state index is 11.9. The third kappa shape index (κ3) is 1.70. The van der Waals surface area contributed by atoms with Crippen LogP contribution in [0.15, 0.2) is 0 Å². The second-order valence-electron chi connectivity index (χ2n) is 4.79. The molecular weight excluding hydrogens is 198 g/mol. The van der Waals surface area contributed by atoms with E-state index in [0.717, 1.165) is 44.9 Å². The van der Waals surface area contributed by atoms with Crippen molar-refractivity contribution in [2.24, 2.45) is 5.73 Å². The lowest BCUT2D eigenvalue weighted by molar-refractivity contribution is 0.373. The normalized spacial score (nSPS) is 35.6. The minimum atomic E-state index is -2.89. The third-order valence-electron chi connectivity index (χ3n) is 3.75. The molecule has 0 aromatic heterocycles. The monoisotopic (exact) mass is 217 g/mol. The Balaban J connectivity index is 2.23. The quantitative estimate of drug-likeness (QED) is 0.718. The zero-order valence-corrected chi connectivity index (χ0v) is 9.35. The molecule has 1 saturated carbocycles. The molecule has 0 aromatic carbocycles. The van der Waals surface area contributed by atoms with Gasteiger partial charge in [-0.2, -0.15) is 0 Å². The molecular formula is C10H19NO2S. The van der Waals surface area contributed by atoms with Gasteiger partial charge in [-0.15, -0.1) is 0 Å². The summed E-state index contributed by atoms with van der Waals surface area (Å²) in [6, 6.07) is 0. The van der Waals surface area contributed by atoms with Crippen LogP contribution in [0.2, 0.25) is 0 Å². The Labute approximate surface area is 86.0 Å². The molecule has 0 radical (unpaired) electrons. The lowest BCUT2D eigenvalue weighted by Crippen LogP contribution is -2.53. The summed E-state index contributed by atoms with van der Waals surface area (Å²) < 4.78 is 23.8. The molecule has 14 heavy (non-hydrogen) atoms. The summed E-state index contributed by atoms with van der Waals surface area (Å²) >= 11 is 0. The molecule has 0 bridgehead atoms. The van der Waals surface area contributed by atoms with Crippen molar-refractivity contribution in [3.05, 3.63) is 0 Å². The van der Waals surface area contributed by atoms with Crippen molar-refractivity contribution in [2.45, 2.75) is 55.7 Å². The summed E-state index contributed by atoms with van der Waals surface area (Å²) in [5.41, 5.74) is 5.84. The van der Waals surface area contributed by atoms with Crippen molar-refractivity contribution in [3.63, 3.8) is 0 Å². The predicted molar refractivity (Wildman–Crippen MR) is 56.8 cm³/mol. The van der Waals surface area contributed by atoms with Crippen molar-refractivity contribution in [2.75, 3.05) is 5.75 Å². The molecule has 1 aliphatic carbocycles. The zero-order chi connectivity index (χ0) is 10.2. The van der Waals surface area contributed by atoms with Crippen LogP contribution >= 0.6 is 0 Å². The molecule has 1 saturated heterocycles. The van der Waals surface area contributed by atoms with Gasteiger partial charge in [-0.25, -0.2) is 8.42 Å². The van der Waals surface area contributed by atoms with Crippen LogP contribution in [0.1, 0.15) is 44.9 Å². The Kier molecular flexibility index (Phi) is 2.60. The van der Waals surface area contributed by atoms with Crippen molar-refractivity contribution >= 4 is 9.84 Å². The van der Waals surface area contributed by atoms with Crippen molar-refractivity contribution in [1.82, 2.24) is 0 Å². The zero-order valence-electron chi connectivity index (χ0n) is 8.54. The molecule has 1 heterocycles. The van der Waals surface area contributed by atoms with Crippen LogP contribution in [0.4, 0.5) is 0 Å². The Bertz CT molecular complexity index is 304. The molecule has 2 N–H and O–H groups in total. The fourth-order valence-corrected chi connectivity index (χ4v) is 5.32. The average molecular weight is 217 g/mol. The van der Waals surface area contributed by atoms with E-state index in [4.69, 9.17) is 5.73 Å². The van der Waals surface area contributed by atoms with Gasteiger partial charge in [0.05, 0.1) is 11.0 Å². The predicted octanol–water partition coefficient (Wildman–Crippen LogP) is 1.23. The lowest BCUT2D eigenvalue weighted by Gasteiger charge is -2.35. The van der Waals surface area contributed by atoms with E-state index in [0.29, 0.717) is 5.75 Å². The standard InChI is InChI=1S/C10H19NO2S/c11-10(6-2-3-7-10)9-5-1-4-8-14(9,12)13/h9H,1-8,11H2. The largest absolute Gasteiger partial charge is 0.324 e. The Morgan fingerprint density at radius 3 is 2.29 bits per heavy atom. The Morgan fingerprint density at radius 1 is 1.07 bits per heavy atom. The molecule has 82 valence electrons. The van der Waals surface area contributed by atoms with Crippen LogP contribution in [0, 0.1) is 0 Å². The highest BCUT2D eigenvalue weighted by atomic mass is 32.2. The summed E-state index contributed by atoms with van der Waals surface area (Å²) in [6.45, 7) is 0. The van der Waals surface area contributed by atoms with Gasteiger partial charge in [0.25, 0.3) is 0 Å². The van der Waals surface area contributed by atoms with Gasteiger partial charge in [0, 0.05) is 5.54 Å². The highest BCUT2D eigenvalue weighted by Gasteiger charge is 2.45. The van der Waals surface area contributed by atoms with Gasteiger partial charge in [0.15, 0.2) is 9.84 Å². The second kappa shape index (κ2) is 3.49. The van der Waals surface area contributed by atoms with Gasteiger partial charge in [-0.05, 0) is 25.7 Å². The molecule has 2 fully saturated rings.